The summed E-state index contributed by atoms with van der Waals surface area (Å²) in [4.78, 5) is 37.8. The van der Waals surface area contributed by atoms with Crippen LogP contribution in [0.3, 0.4) is 0 Å². The molecule has 1 saturated heterocycles. The molecule has 3 amide bonds. The van der Waals surface area contributed by atoms with Crippen LogP contribution in [0.15, 0.2) is 36.4 Å². The zero-order valence-corrected chi connectivity index (χ0v) is 14.9. The van der Waals surface area contributed by atoms with Gasteiger partial charge in [0.1, 0.15) is 11.6 Å². The van der Waals surface area contributed by atoms with E-state index in [1.54, 1.807) is 12.1 Å². The third-order valence-corrected chi connectivity index (χ3v) is 4.91. The SMILES string of the molecule is O=C1CCC(=O)N(c2ccc(C(=O)N3CCCc4c(F)cc(F)cc43)cc2)N1. The van der Waals surface area contributed by atoms with Crippen LogP contribution < -0.4 is 15.3 Å². The molecule has 8 heteroatoms. The van der Waals surface area contributed by atoms with Crippen molar-refractivity contribution in [2.24, 2.45) is 0 Å². The second-order valence-corrected chi connectivity index (χ2v) is 6.76. The molecule has 0 aliphatic carbocycles. The van der Waals surface area contributed by atoms with Gasteiger partial charge in [-0.2, -0.15) is 0 Å². The van der Waals surface area contributed by atoms with Gasteiger partial charge in [0.15, 0.2) is 0 Å². The first-order chi connectivity index (χ1) is 13.4. The number of halogens is 2. The quantitative estimate of drug-likeness (QED) is 0.864. The summed E-state index contributed by atoms with van der Waals surface area (Å²) in [5.74, 6) is -2.26. The molecule has 6 nitrogen and oxygen atoms in total. The van der Waals surface area contributed by atoms with E-state index in [1.807, 2.05) is 0 Å². The van der Waals surface area contributed by atoms with Gasteiger partial charge < -0.3 is 4.90 Å². The lowest BCUT2D eigenvalue weighted by atomic mass is 10.00. The lowest BCUT2D eigenvalue weighted by Gasteiger charge is -2.30. The van der Waals surface area contributed by atoms with Crippen molar-refractivity contribution in [3.05, 3.63) is 59.2 Å². The average molecular weight is 385 g/mol. The number of hydrogen-bond acceptors (Lipinski definition) is 3. The van der Waals surface area contributed by atoms with Crippen LogP contribution in [0.25, 0.3) is 0 Å². The normalized spacial score (nSPS) is 16.6. The predicted octanol–water partition coefficient (Wildman–Crippen LogP) is 2.72. The Morgan fingerprint density at radius 1 is 1.00 bits per heavy atom. The monoisotopic (exact) mass is 385 g/mol. The summed E-state index contributed by atoms with van der Waals surface area (Å²) in [7, 11) is 0. The Balaban J connectivity index is 1.60. The van der Waals surface area contributed by atoms with Gasteiger partial charge in [-0.05, 0) is 43.2 Å². The third-order valence-electron chi connectivity index (χ3n) is 4.91. The van der Waals surface area contributed by atoms with Gasteiger partial charge in [-0.15, -0.1) is 0 Å². The van der Waals surface area contributed by atoms with Gasteiger partial charge in [-0.3, -0.25) is 19.8 Å². The van der Waals surface area contributed by atoms with E-state index in [2.05, 4.69) is 5.43 Å². The Bertz CT molecular complexity index is 975. The Morgan fingerprint density at radius 2 is 1.75 bits per heavy atom. The minimum absolute atomic E-state index is 0.119. The predicted molar refractivity (Wildman–Crippen MR) is 97.7 cm³/mol. The number of anilines is 2. The molecule has 2 aliphatic heterocycles. The van der Waals surface area contributed by atoms with Crippen molar-refractivity contribution < 1.29 is 23.2 Å². The van der Waals surface area contributed by atoms with Crippen LogP contribution in [-0.4, -0.2) is 24.3 Å². The molecule has 2 aromatic rings. The van der Waals surface area contributed by atoms with Crippen LogP contribution >= 0.6 is 0 Å². The van der Waals surface area contributed by atoms with Crippen molar-refractivity contribution in [1.29, 1.82) is 0 Å². The highest BCUT2D eigenvalue weighted by atomic mass is 19.1. The minimum Gasteiger partial charge on any atom is -0.308 e. The van der Waals surface area contributed by atoms with Crippen molar-refractivity contribution in [2.45, 2.75) is 25.7 Å². The molecule has 0 saturated carbocycles. The molecule has 0 unspecified atom stereocenters. The van der Waals surface area contributed by atoms with E-state index in [0.717, 1.165) is 11.1 Å². The summed E-state index contributed by atoms with van der Waals surface area (Å²) in [6.45, 7) is 0.358. The standard InChI is InChI=1S/C20H17F2N3O3/c21-13-10-16(22)15-2-1-9-24(17(15)11-13)20(28)12-3-5-14(6-4-12)25-19(27)8-7-18(26)23-25/h3-6,10-11H,1-2,7-9H2,(H,23,26). The fraction of sp³-hybridized carbons (Fsp3) is 0.250. The number of carbonyl (C=O) groups excluding carboxylic acids is 3. The molecule has 2 aliphatic rings. The van der Waals surface area contributed by atoms with Gasteiger partial charge in [-0.1, -0.05) is 0 Å². The van der Waals surface area contributed by atoms with Gasteiger partial charge in [0.2, 0.25) is 11.8 Å². The van der Waals surface area contributed by atoms with E-state index in [0.29, 0.717) is 36.2 Å². The van der Waals surface area contributed by atoms with Crippen LogP contribution in [0.2, 0.25) is 0 Å². The highest BCUT2D eigenvalue weighted by Gasteiger charge is 2.28. The highest BCUT2D eigenvalue weighted by molar-refractivity contribution is 6.07. The molecule has 0 bridgehead atoms. The lowest BCUT2D eigenvalue weighted by Crippen LogP contribution is -2.50. The Morgan fingerprint density at radius 3 is 2.50 bits per heavy atom. The molecule has 2 heterocycles. The molecular formula is C20H17F2N3O3. The Kier molecular flexibility index (Phi) is 4.54. The van der Waals surface area contributed by atoms with E-state index in [1.165, 1.54) is 23.1 Å². The van der Waals surface area contributed by atoms with Crippen molar-refractivity contribution in [2.75, 3.05) is 16.5 Å². The molecule has 2 aromatic carbocycles. The van der Waals surface area contributed by atoms with Gasteiger partial charge in [0, 0.05) is 36.6 Å². The molecule has 0 radical (unpaired) electrons. The zero-order valence-electron chi connectivity index (χ0n) is 14.9. The summed E-state index contributed by atoms with van der Waals surface area (Å²) in [6.07, 6.45) is 1.29. The van der Waals surface area contributed by atoms with Crippen LogP contribution in [0.1, 0.15) is 35.2 Å². The second-order valence-electron chi connectivity index (χ2n) is 6.76. The first-order valence-electron chi connectivity index (χ1n) is 8.96. The number of nitrogens with zero attached hydrogens (tertiary/aromatic N) is 2. The largest absolute Gasteiger partial charge is 0.308 e. The fourth-order valence-electron chi connectivity index (χ4n) is 3.52. The molecule has 144 valence electrons. The van der Waals surface area contributed by atoms with Crippen LogP contribution in [0, 0.1) is 11.6 Å². The van der Waals surface area contributed by atoms with E-state index >= 15 is 0 Å². The summed E-state index contributed by atoms with van der Waals surface area (Å²) >= 11 is 0. The molecular weight excluding hydrogens is 368 g/mol. The lowest BCUT2D eigenvalue weighted by molar-refractivity contribution is -0.130. The number of amides is 3. The van der Waals surface area contributed by atoms with Gasteiger partial charge >= 0.3 is 0 Å². The molecule has 28 heavy (non-hydrogen) atoms. The molecule has 0 atom stereocenters. The average Bonchev–Trinajstić information content (AvgIpc) is 2.69. The summed E-state index contributed by atoms with van der Waals surface area (Å²) in [6, 6.07) is 8.14. The van der Waals surface area contributed by atoms with E-state index in [9.17, 15) is 23.2 Å². The molecule has 1 N–H and O–H groups in total. The van der Waals surface area contributed by atoms with Crippen molar-refractivity contribution in [3.63, 3.8) is 0 Å². The smallest absolute Gasteiger partial charge is 0.258 e. The third kappa shape index (κ3) is 3.21. The number of nitrogens with one attached hydrogen (secondary N) is 1. The van der Waals surface area contributed by atoms with Crippen LogP contribution in [0.4, 0.5) is 20.2 Å². The van der Waals surface area contributed by atoms with Crippen molar-refractivity contribution >= 4 is 29.1 Å². The number of fused-ring (bicyclic) bond motifs is 1. The molecule has 0 spiro atoms. The molecule has 1 fully saturated rings. The maximum Gasteiger partial charge on any atom is 0.258 e. The minimum atomic E-state index is -0.731. The van der Waals surface area contributed by atoms with E-state index in [4.69, 9.17) is 0 Å². The number of carbonyl (C=O) groups is 3. The van der Waals surface area contributed by atoms with Crippen LogP contribution in [-0.2, 0) is 16.0 Å². The summed E-state index contributed by atoms with van der Waals surface area (Å²) < 4.78 is 27.7. The van der Waals surface area contributed by atoms with E-state index in [-0.39, 0.29) is 36.3 Å². The maximum atomic E-state index is 14.0. The first kappa shape index (κ1) is 18.1. The topological polar surface area (TPSA) is 69.7 Å². The van der Waals surface area contributed by atoms with Gasteiger partial charge in [0.05, 0.1) is 11.4 Å². The molecule has 4 rings (SSSR count). The van der Waals surface area contributed by atoms with Crippen molar-refractivity contribution in [1.82, 2.24) is 5.43 Å². The highest BCUT2D eigenvalue weighted by Crippen LogP contribution is 2.31. The van der Waals surface area contributed by atoms with Gasteiger partial charge in [0.25, 0.3) is 5.91 Å². The fourth-order valence-corrected chi connectivity index (χ4v) is 3.52. The summed E-state index contributed by atoms with van der Waals surface area (Å²) in [5, 5.41) is 1.15. The number of benzene rings is 2. The molecule has 0 aromatic heterocycles. The van der Waals surface area contributed by atoms with E-state index < -0.39 is 11.6 Å². The van der Waals surface area contributed by atoms with Crippen LogP contribution in [0.5, 0.6) is 0 Å². The zero-order chi connectivity index (χ0) is 19.8. The number of hydrazine groups is 1. The second kappa shape index (κ2) is 7.03. The Hall–Kier alpha value is -3.29. The maximum absolute atomic E-state index is 14.0. The first-order valence-corrected chi connectivity index (χ1v) is 8.96. The van der Waals surface area contributed by atoms with Crippen molar-refractivity contribution in [3.8, 4) is 0 Å². The summed E-state index contributed by atoms with van der Waals surface area (Å²) in [5.41, 5.74) is 3.82. The number of rotatable bonds is 2. The Labute approximate surface area is 159 Å². The van der Waals surface area contributed by atoms with Gasteiger partial charge in [-0.25, -0.2) is 13.8 Å². The number of hydrogen-bond donors (Lipinski definition) is 1.